The normalized spacial score (nSPS) is 14.4. The highest BCUT2D eigenvalue weighted by molar-refractivity contribution is 5.81. The van der Waals surface area contributed by atoms with E-state index in [9.17, 15) is 4.39 Å². The van der Waals surface area contributed by atoms with Crippen LogP contribution in [0.15, 0.2) is 164 Å². The van der Waals surface area contributed by atoms with Gasteiger partial charge in [-0.1, -0.05) is 85.0 Å². The van der Waals surface area contributed by atoms with E-state index in [1.165, 1.54) is 12.1 Å². The molecule has 8 rings (SSSR count). The summed E-state index contributed by atoms with van der Waals surface area (Å²) in [5.74, 6) is 0.581. The van der Waals surface area contributed by atoms with Crippen LogP contribution in [0.4, 0.5) is 4.39 Å². The summed E-state index contributed by atoms with van der Waals surface area (Å²) in [6, 6.07) is 39.9. The van der Waals surface area contributed by atoms with E-state index in [-0.39, 0.29) is 11.7 Å². The van der Waals surface area contributed by atoms with Crippen molar-refractivity contribution in [3.8, 4) is 39.4 Å². The Morgan fingerprint density at radius 1 is 0.729 bits per heavy atom. The van der Waals surface area contributed by atoms with E-state index >= 15 is 0 Å². The topological polar surface area (TPSA) is 44.3 Å². The Labute approximate surface area is 278 Å². The molecular formula is C42H33FN4O. The molecule has 0 saturated carbocycles. The predicted octanol–water partition coefficient (Wildman–Crippen LogP) is 9.60. The largest absolute Gasteiger partial charge is 0.497 e. The van der Waals surface area contributed by atoms with Gasteiger partial charge in [0.25, 0.3) is 0 Å². The highest BCUT2D eigenvalue weighted by atomic mass is 19.1. The molecule has 0 bridgehead atoms. The van der Waals surface area contributed by atoms with Crippen molar-refractivity contribution in [3.63, 3.8) is 0 Å². The van der Waals surface area contributed by atoms with Crippen molar-refractivity contribution in [2.75, 3.05) is 7.11 Å². The smallest absolute Gasteiger partial charge is 0.137 e. The summed E-state index contributed by atoms with van der Waals surface area (Å²) in [4.78, 5) is 4.70. The number of pyridine rings is 1. The van der Waals surface area contributed by atoms with Crippen molar-refractivity contribution in [2.45, 2.75) is 12.0 Å². The predicted molar refractivity (Wildman–Crippen MR) is 189 cm³/mol. The van der Waals surface area contributed by atoms with Gasteiger partial charge in [-0.15, -0.1) is 0 Å². The van der Waals surface area contributed by atoms with Gasteiger partial charge in [-0.2, -0.15) is 5.10 Å². The molecule has 234 valence electrons. The molecule has 6 heteroatoms. The molecule has 0 amide bonds. The summed E-state index contributed by atoms with van der Waals surface area (Å²) in [6.07, 6.45) is 15.8. The lowest BCUT2D eigenvalue weighted by atomic mass is 9.70. The third kappa shape index (κ3) is 5.03. The molecule has 1 unspecified atom stereocenters. The first-order valence-corrected chi connectivity index (χ1v) is 16.1. The Balaban J connectivity index is 1.39. The molecule has 0 fully saturated rings. The standard InChI is InChI=1S/C42H33FN4O/c1-48-37-24-19-30(20-25-37)39-27-44-40-26-21-32(28-46(39)40)38-29-47(45-41(38)31-17-22-36(43)23-18-31)42(33-11-5-2-6-12-33,34-13-7-3-8-14-34)35-15-9-4-10-16-35/h2-15,17-29,35H,16H2,1H3. The van der Waals surface area contributed by atoms with Crippen LogP contribution in [0.2, 0.25) is 0 Å². The number of fused-ring (bicyclic) bond motifs is 1. The van der Waals surface area contributed by atoms with Gasteiger partial charge in [-0.3, -0.25) is 9.08 Å². The second-order valence-electron chi connectivity index (χ2n) is 12.0. The van der Waals surface area contributed by atoms with Crippen LogP contribution in [-0.4, -0.2) is 26.3 Å². The minimum Gasteiger partial charge on any atom is -0.497 e. The minimum atomic E-state index is -0.676. The van der Waals surface area contributed by atoms with Gasteiger partial charge in [0.2, 0.25) is 0 Å². The summed E-state index contributed by atoms with van der Waals surface area (Å²) in [5, 5.41) is 5.45. The number of rotatable bonds is 8. The molecule has 0 N–H and O–H groups in total. The molecule has 3 heterocycles. The van der Waals surface area contributed by atoms with Gasteiger partial charge < -0.3 is 4.74 Å². The fourth-order valence-electron chi connectivity index (χ4n) is 7.01. The fourth-order valence-corrected chi connectivity index (χ4v) is 7.01. The molecule has 5 nitrogen and oxygen atoms in total. The quantitative estimate of drug-likeness (QED) is 0.168. The summed E-state index contributed by atoms with van der Waals surface area (Å²) in [7, 11) is 1.67. The van der Waals surface area contributed by atoms with Crippen molar-refractivity contribution in [1.82, 2.24) is 19.2 Å². The van der Waals surface area contributed by atoms with Crippen LogP contribution >= 0.6 is 0 Å². The lowest BCUT2D eigenvalue weighted by molar-refractivity contribution is 0.293. The van der Waals surface area contributed by atoms with Crippen LogP contribution < -0.4 is 4.74 Å². The SMILES string of the molecule is COc1ccc(-c2cnc3ccc(-c4cn(C(c5ccccc5)(c5ccccc5)C5C=CC=CC5)nc4-c4ccc(F)cc4)cn23)cc1. The van der Waals surface area contributed by atoms with Crippen LogP contribution in [0.1, 0.15) is 17.5 Å². The van der Waals surface area contributed by atoms with Crippen LogP contribution in [0.5, 0.6) is 5.75 Å². The van der Waals surface area contributed by atoms with Gasteiger partial charge in [0, 0.05) is 40.6 Å². The monoisotopic (exact) mass is 628 g/mol. The summed E-state index contributed by atoms with van der Waals surface area (Å²) in [6.45, 7) is 0. The molecule has 0 saturated heterocycles. The van der Waals surface area contributed by atoms with E-state index in [4.69, 9.17) is 14.8 Å². The number of nitrogens with zero attached hydrogens (tertiary/aromatic N) is 4. The second-order valence-corrected chi connectivity index (χ2v) is 12.0. The first kappa shape index (κ1) is 29.4. The van der Waals surface area contributed by atoms with Crippen LogP contribution in [0.3, 0.4) is 0 Å². The summed E-state index contributed by atoms with van der Waals surface area (Å²) < 4.78 is 23.9. The Morgan fingerprint density at radius 2 is 1.40 bits per heavy atom. The van der Waals surface area contributed by atoms with E-state index in [1.807, 2.05) is 36.5 Å². The Morgan fingerprint density at radius 3 is 2.04 bits per heavy atom. The number of benzene rings is 4. The van der Waals surface area contributed by atoms with Crippen molar-refractivity contribution in [1.29, 1.82) is 0 Å². The number of imidazole rings is 1. The molecule has 0 radical (unpaired) electrons. The average Bonchev–Trinajstić information content (AvgIpc) is 3.79. The molecule has 0 spiro atoms. The van der Waals surface area contributed by atoms with Crippen LogP contribution in [0.25, 0.3) is 39.3 Å². The van der Waals surface area contributed by atoms with E-state index in [0.29, 0.717) is 0 Å². The van der Waals surface area contributed by atoms with Gasteiger partial charge in [0.15, 0.2) is 0 Å². The maximum absolute atomic E-state index is 14.2. The Bertz CT molecular complexity index is 2210. The van der Waals surface area contributed by atoms with Gasteiger partial charge in [0.1, 0.15) is 28.4 Å². The van der Waals surface area contributed by atoms with Crippen molar-refractivity contribution in [3.05, 3.63) is 181 Å². The zero-order chi connectivity index (χ0) is 32.5. The number of hydrogen-bond donors (Lipinski definition) is 0. The zero-order valence-corrected chi connectivity index (χ0v) is 26.4. The van der Waals surface area contributed by atoms with Gasteiger partial charge in [0.05, 0.1) is 19.0 Å². The van der Waals surface area contributed by atoms with Crippen molar-refractivity contribution in [2.24, 2.45) is 5.92 Å². The molecule has 1 aliphatic carbocycles. The number of methoxy groups -OCH3 is 1. The molecule has 0 aliphatic heterocycles. The summed E-state index contributed by atoms with van der Waals surface area (Å²) in [5.41, 5.74) is 7.92. The fraction of sp³-hybridized carbons (Fsp3) is 0.0952. The van der Waals surface area contributed by atoms with E-state index in [1.54, 1.807) is 19.2 Å². The summed E-state index contributed by atoms with van der Waals surface area (Å²) >= 11 is 0. The highest BCUT2D eigenvalue weighted by Crippen LogP contribution is 2.46. The minimum absolute atomic E-state index is 0.0684. The molecule has 7 aromatic rings. The van der Waals surface area contributed by atoms with Crippen LogP contribution in [0, 0.1) is 11.7 Å². The third-order valence-corrected chi connectivity index (χ3v) is 9.34. The van der Waals surface area contributed by atoms with E-state index in [0.717, 1.165) is 62.6 Å². The number of hydrogen-bond acceptors (Lipinski definition) is 3. The maximum atomic E-state index is 14.2. The molecule has 3 aromatic heterocycles. The molecule has 1 aliphatic rings. The first-order valence-electron chi connectivity index (χ1n) is 16.1. The van der Waals surface area contributed by atoms with Crippen molar-refractivity contribution >= 4 is 5.65 Å². The number of ether oxygens (including phenoxy) is 1. The number of halogens is 1. The van der Waals surface area contributed by atoms with E-state index in [2.05, 4.69) is 113 Å². The average molecular weight is 629 g/mol. The van der Waals surface area contributed by atoms with Gasteiger partial charge >= 0.3 is 0 Å². The Kier molecular flexibility index (Phi) is 7.54. The third-order valence-electron chi connectivity index (χ3n) is 9.34. The molecule has 4 aromatic carbocycles. The molecule has 1 atom stereocenters. The lowest BCUT2D eigenvalue weighted by Crippen LogP contribution is -2.43. The molecule has 48 heavy (non-hydrogen) atoms. The van der Waals surface area contributed by atoms with E-state index < -0.39 is 5.54 Å². The first-order chi connectivity index (χ1) is 23.6. The van der Waals surface area contributed by atoms with Gasteiger partial charge in [-0.25, -0.2) is 9.37 Å². The lowest BCUT2D eigenvalue weighted by Gasteiger charge is -2.41. The number of aromatic nitrogens is 4. The Hall–Kier alpha value is -6.01. The maximum Gasteiger partial charge on any atom is 0.137 e. The van der Waals surface area contributed by atoms with Crippen LogP contribution in [-0.2, 0) is 5.54 Å². The van der Waals surface area contributed by atoms with Crippen molar-refractivity contribution < 1.29 is 9.13 Å². The highest BCUT2D eigenvalue weighted by Gasteiger charge is 2.44. The zero-order valence-electron chi connectivity index (χ0n) is 26.4. The second kappa shape index (κ2) is 12.3. The molecular weight excluding hydrogens is 595 g/mol. The van der Waals surface area contributed by atoms with Gasteiger partial charge in [-0.05, 0) is 78.2 Å². The number of allylic oxidation sites excluding steroid dienone is 4.